The summed E-state index contributed by atoms with van der Waals surface area (Å²) in [5.74, 6) is 0.0722. The van der Waals surface area contributed by atoms with E-state index >= 15 is 0 Å². The highest BCUT2D eigenvalue weighted by atomic mass is 28.4. The predicted octanol–water partition coefficient (Wildman–Crippen LogP) is -1.48. The van der Waals surface area contributed by atoms with E-state index in [9.17, 15) is 9.59 Å². The van der Waals surface area contributed by atoms with Crippen molar-refractivity contribution in [2.75, 3.05) is 0 Å². The van der Waals surface area contributed by atoms with Crippen LogP contribution in [0.2, 0.25) is 11.7 Å². The lowest BCUT2D eigenvalue weighted by Gasteiger charge is -2.22. The van der Waals surface area contributed by atoms with Gasteiger partial charge in [0.15, 0.2) is 0 Å². The smallest absolute Gasteiger partial charge is 0.411 e. The molecule has 0 heterocycles. The van der Waals surface area contributed by atoms with Crippen molar-refractivity contribution in [3.8, 4) is 0 Å². The minimum absolute atomic E-state index is 0.0722. The maximum Gasteiger partial charge on any atom is 0.494 e. The molecule has 0 unspecified atom stereocenters. The third kappa shape index (κ3) is 6.91. The van der Waals surface area contributed by atoms with Gasteiger partial charge in [-0.15, -0.1) is 0 Å². The Hall–Kier alpha value is 0.234. The summed E-state index contributed by atoms with van der Waals surface area (Å²) in [6.07, 6.45) is 0. The van der Waals surface area contributed by atoms with Gasteiger partial charge in [-0.3, -0.25) is 0 Å². The Morgan fingerprint density at radius 2 is 1.42 bits per heavy atom. The van der Waals surface area contributed by atoms with Crippen molar-refractivity contribution >= 4 is 17.4 Å². The molecule has 0 aliphatic rings. The molecule has 0 aliphatic carbocycles. The molecule has 0 spiro atoms. The van der Waals surface area contributed by atoms with Gasteiger partial charge in [0.25, 0.3) is 0 Å². The first kappa shape index (κ1) is 12.2. The molecule has 5 N–H and O–H groups in total. The quantitative estimate of drug-likeness (QED) is 0.366. The Morgan fingerprint density at radius 1 is 1.00 bits per heavy atom. The first-order valence-corrected chi connectivity index (χ1v) is 8.10. The minimum Gasteiger partial charge on any atom is -0.411 e. The molecule has 0 bridgehead atoms. The van der Waals surface area contributed by atoms with Crippen LogP contribution in [-0.2, 0) is 0 Å². The molecule has 74 valence electrons. The second kappa shape index (κ2) is 3.96. The lowest BCUT2D eigenvalue weighted by Crippen LogP contribution is -2.49. The SMILES string of the molecule is CC(C)C[Si](O)(O)C[Si](O)(O)O. The molecule has 0 atom stereocenters. The number of hydrogen-bond donors (Lipinski definition) is 5. The number of rotatable bonds is 4. The van der Waals surface area contributed by atoms with E-state index < -0.39 is 23.0 Å². The Labute approximate surface area is 73.5 Å². The van der Waals surface area contributed by atoms with E-state index in [1.165, 1.54) is 0 Å². The molecule has 0 rings (SSSR count). The highest BCUT2D eigenvalue weighted by Crippen LogP contribution is 2.18. The summed E-state index contributed by atoms with van der Waals surface area (Å²) in [5.41, 5.74) is -0.627. The normalized spacial score (nSPS) is 14.0. The Morgan fingerprint density at radius 3 is 1.67 bits per heavy atom. The first-order chi connectivity index (χ1) is 5.12. The highest BCUT2D eigenvalue weighted by Gasteiger charge is 2.43. The Bertz CT molecular complexity index is 141. The molecule has 0 fully saturated rings. The molecule has 5 nitrogen and oxygen atoms in total. The number of hydrogen-bond acceptors (Lipinski definition) is 5. The second-order valence-electron chi connectivity index (χ2n) is 3.53. The average Bonchev–Trinajstić information content (AvgIpc) is 1.48. The standard InChI is InChI=1S/C5H16O5Si2/c1-5(2)3-11(6,7)4-12(8,9)10/h5-10H,3-4H2,1-2H3. The van der Waals surface area contributed by atoms with Gasteiger partial charge in [-0.1, -0.05) is 13.8 Å². The zero-order valence-corrected chi connectivity index (χ0v) is 9.23. The molecular formula is C5H16O5Si2. The predicted molar refractivity (Wildman–Crippen MR) is 47.1 cm³/mol. The molecule has 0 saturated heterocycles. The fourth-order valence-electron chi connectivity index (χ4n) is 1.11. The Kier molecular flexibility index (Phi) is 4.04. The van der Waals surface area contributed by atoms with Gasteiger partial charge in [0, 0.05) is 0 Å². The third-order valence-electron chi connectivity index (χ3n) is 1.26. The summed E-state index contributed by atoms with van der Waals surface area (Å²) < 4.78 is 0. The molecule has 0 aromatic rings. The van der Waals surface area contributed by atoms with Gasteiger partial charge in [-0.25, -0.2) is 0 Å². The molecule has 0 aromatic heterocycles. The van der Waals surface area contributed by atoms with Crippen LogP contribution in [0.1, 0.15) is 13.8 Å². The fraction of sp³-hybridized carbons (Fsp3) is 1.00. The molecule has 0 aromatic carbocycles. The molecule has 0 radical (unpaired) electrons. The van der Waals surface area contributed by atoms with Crippen molar-refractivity contribution in [3.63, 3.8) is 0 Å². The van der Waals surface area contributed by atoms with E-state index in [2.05, 4.69) is 0 Å². The van der Waals surface area contributed by atoms with Crippen molar-refractivity contribution in [3.05, 3.63) is 0 Å². The molecule has 12 heavy (non-hydrogen) atoms. The van der Waals surface area contributed by atoms with Crippen molar-refractivity contribution in [2.24, 2.45) is 5.92 Å². The van der Waals surface area contributed by atoms with Gasteiger partial charge in [0.1, 0.15) is 0 Å². The molecule has 7 heteroatoms. The second-order valence-corrected chi connectivity index (χ2v) is 8.87. The van der Waals surface area contributed by atoms with Crippen LogP contribution >= 0.6 is 0 Å². The zero-order valence-electron chi connectivity index (χ0n) is 7.23. The van der Waals surface area contributed by atoms with E-state index in [1.54, 1.807) is 13.8 Å². The third-order valence-corrected chi connectivity index (χ3v) is 6.89. The zero-order chi connectivity index (χ0) is 9.99. The van der Waals surface area contributed by atoms with Gasteiger partial charge < -0.3 is 24.0 Å². The van der Waals surface area contributed by atoms with Crippen LogP contribution in [0.25, 0.3) is 0 Å². The monoisotopic (exact) mass is 212 g/mol. The highest BCUT2D eigenvalue weighted by molar-refractivity contribution is 6.80. The van der Waals surface area contributed by atoms with Crippen molar-refractivity contribution in [1.29, 1.82) is 0 Å². The van der Waals surface area contributed by atoms with Crippen LogP contribution in [0.3, 0.4) is 0 Å². The molecule has 0 amide bonds. The molecule has 0 aliphatic heterocycles. The van der Waals surface area contributed by atoms with Gasteiger partial charge in [0.2, 0.25) is 0 Å². The topological polar surface area (TPSA) is 101 Å². The summed E-state index contributed by atoms with van der Waals surface area (Å²) in [6.45, 7) is 3.59. The lowest BCUT2D eigenvalue weighted by molar-refractivity contribution is 0.226. The average molecular weight is 212 g/mol. The van der Waals surface area contributed by atoms with E-state index in [0.717, 1.165) is 0 Å². The van der Waals surface area contributed by atoms with Crippen molar-refractivity contribution in [2.45, 2.75) is 25.6 Å². The van der Waals surface area contributed by atoms with Crippen LogP contribution in [0.15, 0.2) is 0 Å². The summed E-state index contributed by atoms with van der Waals surface area (Å²) in [4.78, 5) is 44.4. The van der Waals surface area contributed by atoms with E-state index in [1.807, 2.05) is 0 Å². The first-order valence-electron chi connectivity index (χ1n) is 3.74. The van der Waals surface area contributed by atoms with Crippen LogP contribution in [-0.4, -0.2) is 41.3 Å². The Balaban J connectivity index is 4.04. The summed E-state index contributed by atoms with van der Waals surface area (Å²) in [5, 5.41) is 0. The van der Waals surface area contributed by atoms with Crippen LogP contribution in [0.5, 0.6) is 0 Å². The molecule has 0 saturated carbocycles. The van der Waals surface area contributed by atoms with E-state index in [4.69, 9.17) is 14.4 Å². The summed E-state index contributed by atoms with van der Waals surface area (Å²) >= 11 is 0. The minimum atomic E-state index is -4.30. The van der Waals surface area contributed by atoms with Crippen molar-refractivity contribution < 1.29 is 24.0 Å². The van der Waals surface area contributed by atoms with Gasteiger partial charge in [-0.2, -0.15) is 0 Å². The van der Waals surface area contributed by atoms with E-state index in [0.29, 0.717) is 0 Å². The fourth-order valence-corrected chi connectivity index (χ4v) is 6.03. The van der Waals surface area contributed by atoms with Gasteiger partial charge >= 0.3 is 17.4 Å². The van der Waals surface area contributed by atoms with Crippen LogP contribution in [0.4, 0.5) is 0 Å². The van der Waals surface area contributed by atoms with Gasteiger partial charge in [-0.05, 0) is 12.0 Å². The van der Waals surface area contributed by atoms with Crippen molar-refractivity contribution in [1.82, 2.24) is 0 Å². The van der Waals surface area contributed by atoms with Gasteiger partial charge in [0.05, 0.1) is 5.67 Å². The summed E-state index contributed by atoms with van der Waals surface area (Å²) in [6, 6.07) is 0.142. The van der Waals surface area contributed by atoms with E-state index in [-0.39, 0.29) is 12.0 Å². The maximum atomic E-state index is 9.27. The van der Waals surface area contributed by atoms with Crippen LogP contribution in [0, 0.1) is 5.92 Å². The largest absolute Gasteiger partial charge is 0.494 e. The molecular weight excluding hydrogens is 196 g/mol. The maximum absolute atomic E-state index is 9.27. The summed E-state index contributed by atoms with van der Waals surface area (Å²) in [7, 11) is -7.89. The lowest BCUT2D eigenvalue weighted by atomic mass is 10.3. The van der Waals surface area contributed by atoms with Crippen LogP contribution < -0.4 is 0 Å².